The van der Waals surface area contributed by atoms with Crippen molar-refractivity contribution >= 4 is 17.2 Å². The molecule has 2 aromatic carbocycles. The molecule has 7 nitrogen and oxygen atoms in total. The molecule has 5 rings (SSSR count). The standard InChI is InChI=1S/C23H21N5O2/c1-26-19-15-24-20(18-11-9-17(10-12-18)16-7-3-2-4-8-16)25-21(19)28(22(26)29)23(30)27-13-5-6-14-27/h2-4,7-12,15H,5-6,13-14H2,1H3. The first-order chi connectivity index (χ1) is 14.6. The smallest absolute Gasteiger partial charge is 0.324 e. The van der Waals surface area contributed by atoms with Gasteiger partial charge in [0.2, 0.25) is 0 Å². The van der Waals surface area contributed by atoms with E-state index in [1.165, 1.54) is 9.13 Å². The number of rotatable bonds is 2. The first-order valence-electron chi connectivity index (χ1n) is 10.0. The molecule has 0 atom stereocenters. The Balaban J connectivity index is 1.57. The highest BCUT2D eigenvalue weighted by Gasteiger charge is 2.25. The number of aromatic nitrogens is 4. The van der Waals surface area contributed by atoms with Gasteiger partial charge in [0.1, 0.15) is 5.52 Å². The number of nitrogens with zero attached hydrogens (tertiary/aromatic N) is 5. The third kappa shape index (κ3) is 2.99. The summed E-state index contributed by atoms with van der Waals surface area (Å²) in [7, 11) is 1.64. The molecule has 0 saturated carbocycles. The Hall–Kier alpha value is -3.74. The first kappa shape index (κ1) is 18.3. The van der Waals surface area contributed by atoms with E-state index in [0.717, 1.165) is 29.5 Å². The lowest BCUT2D eigenvalue weighted by Crippen LogP contribution is -2.38. The normalized spacial score (nSPS) is 13.8. The van der Waals surface area contributed by atoms with Crippen molar-refractivity contribution in [3.63, 3.8) is 0 Å². The van der Waals surface area contributed by atoms with Gasteiger partial charge in [-0.15, -0.1) is 0 Å². The summed E-state index contributed by atoms with van der Waals surface area (Å²) in [6.45, 7) is 1.33. The summed E-state index contributed by atoms with van der Waals surface area (Å²) >= 11 is 0. The van der Waals surface area contributed by atoms with E-state index in [4.69, 9.17) is 0 Å². The van der Waals surface area contributed by atoms with Crippen molar-refractivity contribution in [2.45, 2.75) is 12.8 Å². The van der Waals surface area contributed by atoms with Crippen LogP contribution in [0.2, 0.25) is 0 Å². The predicted octanol–water partition coefficient (Wildman–Crippen LogP) is 3.53. The van der Waals surface area contributed by atoms with E-state index < -0.39 is 5.69 Å². The van der Waals surface area contributed by atoms with Crippen LogP contribution in [-0.2, 0) is 7.05 Å². The van der Waals surface area contributed by atoms with Gasteiger partial charge in [0.15, 0.2) is 11.5 Å². The third-order valence-corrected chi connectivity index (χ3v) is 5.62. The van der Waals surface area contributed by atoms with Crippen molar-refractivity contribution in [2.24, 2.45) is 7.05 Å². The number of carbonyl (C=O) groups is 1. The molecule has 1 aliphatic rings. The van der Waals surface area contributed by atoms with Crippen LogP contribution < -0.4 is 5.69 Å². The van der Waals surface area contributed by atoms with Crippen molar-refractivity contribution in [2.75, 3.05) is 13.1 Å². The molecule has 3 heterocycles. The molecule has 0 unspecified atom stereocenters. The van der Waals surface area contributed by atoms with Crippen LogP contribution in [0.15, 0.2) is 65.6 Å². The number of fused-ring (bicyclic) bond motifs is 1. The monoisotopic (exact) mass is 399 g/mol. The zero-order valence-electron chi connectivity index (χ0n) is 16.7. The lowest BCUT2D eigenvalue weighted by Gasteiger charge is -2.14. The molecule has 0 N–H and O–H groups in total. The number of imidazole rings is 1. The molecule has 0 bridgehead atoms. The van der Waals surface area contributed by atoms with Crippen molar-refractivity contribution in [3.8, 4) is 22.5 Å². The summed E-state index contributed by atoms with van der Waals surface area (Å²) in [5.41, 5.74) is 3.55. The number of hydrogen-bond donors (Lipinski definition) is 0. The maximum absolute atomic E-state index is 13.0. The van der Waals surface area contributed by atoms with E-state index in [1.807, 2.05) is 42.5 Å². The lowest BCUT2D eigenvalue weighted by atomic mass is 10.0. The van der Waals surface area contributed by atoms with E-state index in [9.17, 15) is 9.59 Å². The summed E-state index contributed by atoms with van der Waals surface area (Å²) in [5, 5.41) is 0. The van der Waals surface area contributed by atoms with E-state index in [0.29, 0.717) is 30.1 Å². The second-order valence-corrected chi connectivity index (χ2v) is 7.50. The SMILES string of the molecule is Cn1c(=O)n(C(=O)N2CCCC2)c2nc(-c3ccc(-c4ccccc4)cc3)ncc21. The Morgan fingerprint density at radius 3 is 2.23 bits per heavy atom. The molecule has 1 fully saturated rings. The Morgan fingerprint density at radius 1 is 0.900 bits per heavy atom. The van der Waals surface area contributed by atoms with Crippen LogP contribution in [0.4, 0.5) is 4.79 Å². The highest BCUT2D eigenvalue weighted by molar-refractivity contribution is 5.88. The van der Waals surface area contributed by atoms with Gasteiger partial charge in [0.25, 0.3) is 0 Å². The topological polar surface area (TPSA) is 73.0 Å². The average molecular weight is 399 g/mol. The molecule has 4 aromatic rings. The molecule has 0 radical (unpaired) electrons. The number of carbonyl (C=O) groups excluding carboxylic acids is 1. The fourth-order valence-electron chi connectivity index (χ4n) is 3.91. The van der Waals surface area contributed by atoms with Gasteiger partial charge in [0, 0.05) is 25.7 Å². The summed E-state index contributed by atoms with van der Waals surface area (Å²) in [6, 6.07) is 17.8. The molecule has 7 heteroatoms. The highest BCUT2D eigenvalue weighted by Crippen LogP contribution is 2.24. The van der Waals surface area contributed by atoms with Gasteiger partial charge in [-0.1, -0.05) is 54.6 Å². The number of benzene rings is 2. The fourth-order valence-corrected chi connectivity index (χ4v) is 3.91. The minimum Gasteiger partial charge on any atom is -0.324 e. The third-order valence-electron chi connectivity index (χ3n) is 5.62. The molecule has 150 valence electrons. The van der Waals surface area contributed by atoms with Crippen LogP contribution >= 0.6 is 0 Å². The maximum atomic E-state index is 13.0. The Morgan fingerprint density at radius 2 is 1.53 bits per heavy atom. The van der Waals surface area contributed by atoms with E-state index in [2.05, 4.69) is 22.1 Å². The van der Waals surface area contributed by atoms with Gasteiger partial charge in [0.05, 0.1) is 6.20 Å². The molecule has 2 aromatic heterocycles. The molecular formula is C23H21N5O2. The number of hydrogen-bond acceptors (Lipinski definition) is 4. The van der Waals surface area contributed by atoms with Crippen LogP contribution in [-0.4, -0.2) is 43.1 Å². The molecule has 1 amide bonds. The predicted molar refractivity (Wildman–Crippen MR) is 115 cm³/mol. The summed E-state index contributed by atoms with van der Waals surface area (Å²) < 4.78 is 2.59. The van der Waals surface area contributed by atoms with Gasteiger partial charge >= 0.3 is 11.7 Å². The molecule has 0 aliphatic carbocycles. The van der Waals surface area contributed by atoms with Crippen LogP contribution in [0.5, 0.6) is 0 Å². The van der Waals surface area contributed by atoms with E-state index >= 15 is 0 Å². The van der Waals surface area contributed by atoms with Crippen molar-refractivity contribution < 1.29 is 4.79 Å². The number of aryl methyl sites for hydroxylation is 1. The van der Waals surface area contributed by atoms with Crippen LogP contribution in [0.25, 0.3) is 33.7 Å². The zero-order valence-corrected chi connectivity index (χ0v) is 16.7. The molecular weight excluding hydrogens is 378 g/mol. The van der Waals surface area contributed by atoms with Gasteiger partial charge in [-0.2, -0.15) is 4.57 Å². The van der Waals surface area contributed by atoms with E-state index in [-0.39, 0.29) is 6.03 Å². The first-order valence-corrected chi connectivity index (χ1v) is 10.0. The molecule has 0 spiro atoms. The Labute approximate surface area is 173 Å². The van der Waals surface area contributed by atoms with Crippen LogP contribution in [0, 0.1) is 0 Å². The Bertz CT molecular complexity index is 1280. The minimum absolute atomic E-state index is 0.313. The average Bonchev–Trinajstić information content (AvgIpc) is 3.42. The van der Waals surface area contributed by atoms with Crippen molar-refractivity contribution in [1.82, 2.24) is 24.0 Å². The quantitative estimate of drug-likeness (QED) is 0.517. The maximum Gasteiger partial charge on any atom is 0.338 e. The highest BCUT2D eigenvalue weighted by atomic mass is 16.2. The number of amides is 1. The minimum atomic E-state index is -0.396. The summed E-state index contributed by atoms with van der Waals surface area (Å²) in [5.74, 6) is 0.482. The summed E-state index contributed by atoms with van der Waals surface area (Å²) in [6.07, 6.45) is 3.52. The summed E-state index contributed by atoms with van der Waals surface area (Å²) in [4.78, 5) is 36.5. The number of likely N-dealkylation sites (tertiary alicyclic amines) is 1. The Kier molecular flexibility index (Phi) is 4.43. The zero-order chi connectivity index (χ0) is 20.7. The van der Waals surface area contributed by atoms with Crippen molar-refractivity contribution in [3.05, 3.63) is 71.3 Å². The van der Waals surface area contributed by atoms with Gasteiger partial charge in [-0.25, -0.2) is 19.6 Å². The van der Waals surface area contributed by atoms with Crippen LogP contribution in [0.1, 0.15) is 12.8 Å². The van der Waals surface area contributed by atoms with E-state index in [1.54, 1.807) is 18.1 Å². The van der Waals surface area contributed by atoms with Crippen LogP contribution in [0.3, 0.4) is 0 Å². The van der Waals surface area contributed by atoms with Gasteiger partial charge < -0.3 is 4.90 Å². The van der Waals surface area contributed by atoms with Gasteiger partial charge in [-0.3, -0.25) is 4.57 Å². The second-order valence-electron chi connectivity index (χ2n) is 7.50. The molecule has 30 heavy (non-hydrogen) atoms. The second kappa shape index (κ2) is 7.26. The lowest BCUT2D eigenvalue weighted by molar-refractivity contribution is 0.210. The largest absolute Gasteiger partial charge is 0.338 e. The van der Waals surface area contributed by atoms with Crippen molar-refractivity contribution in [1.29, 1.82) is 0 Å². The van der Waals surface area contributed by atoms with Gasteiger partial charge in [-0.05, 0) is 24.0 Å². The molecule has 1 aliphatic heterocycles. The molecule has 1 saturated heterocycles. The fraction of sp³-hybridized carbons (Fsp3) is 0.217.